The number of hydrogen-bond acceptors (Lipinski definition) is 4. The summed E-state index contributed by atoms with van der Waals surface area (Å²) in [7, 11) is 0. The highest BCUT2D eigenvalue weighted by Crippen LogP contribution is 2.23. The molecule has 7 heteroatoms. The van der Waals surface area contributed by atoms with Gasteiger partial charge in [0.15, 0.2) is 17.5 Å². The van der Waals surface area contributed by atoms with Crippen LogP contribution in [-0.2, 0) is 0 Å². The van der Waals surface area contributed by atoms with Gasteiger partial charge < -0.3 is 10.2 Å². The zero-order chi connectivity index (χ0) is 15.0. The zero-order valence-corrected chi connectivity index (χ0v) is 11.9. The van der Waals surface area contributed by atoms with Crippen molar-refractivity contribution in [2.75, 3.05) is 18.0 Å². The first-order valence-corrected chi connectivity index (χ1v) is 6.92. The molecule has 0 aliphatic carbocycles. The number of benzene rings is 1. The van der Waals surface area contributed by atoms with E-state index in [-0.39, 0.29) is 11.4 Å². The maximum Gasteiger partial charge on any atom is 0.245 e. The second kappa shape index (κ2) is 5.40. The summed E-state index contributed by atoms with van der Waals surface area (Å²) in [5, 5.41) is 10.2. The average molecular weight is 293 g/mol. The molecule has 2 aromatic rings. The number of H-pyrrole nitrogens is 1. The fourth-order valence-electron chi connectivity index (χ4n) is 2.69. The van der Waals surface area contributed by atoms with E-state index in [1.165, 1.54) is 12.1 Å². The fourth-order valence-corrected chi connectivity index (χ4v) is 2.69. The van der Waals surface area contributed by atoms with Crippen molar-refractivity contribution in [1.82, 2.24) is 20.5 Å². The highest BCUT2D eigenvalue weighted by molar-refractivity contribution is 5.57. The van der Waals surface area contributed by atoms with Crippen LogP contribution < -0.4 is 10.2 Å². The van der Waals surface area contributed by atoms with Crippen LogP contribution in [0.1, 0.15) is 13.8 Å². The molecular formula is C14H17F2N5. The van der Waals surface area contributed by atoms with E-state index in [0.29, 0.717) is 18.0 Å². The number of aromatic amines is 1. The van der Waals surface area contributed by atoms with Crippen molar-refractivity contribution in [2.24, 2.45) is 0 Å². The minimum atomic E-state index is -0.915. The first-order chi connectivity index (χ1) is 10.0. The van der Waals surface area contributed by atoms with Crippen LogP contribution in [-0.4, -0.2) is 40.4 Å². The highest BCUT2D eigenvalue weighted by atomic mass is 19.2. The van der Waals surface area contributed by atoms with Gasteiger partial charge in [0.1, 0.15) is 0 Å². The molecule has 0 bridgehead atoms. The lowest BCUT2D eigenvalue weighted by Gasteiger charge is -2.35. The van der Waals surface area contributed by atoms with Crippen LogP contribution in [0.4, 0.5) is 14.7 Å². The van der Waals surface area contributed by atoms with Gasteiger partial charge in [0.05, 0.1) is 5.56 Å². The Morgan fingerprint density at radius 3 is 2.62 bits per heavy atom. The molecule has 2 heterocycles. The molecule has 1 saturated heterocycles. The Labute approximate surface area is 121 Å². The average Bonchev–Trinajstić information content (AvgIpc) is 2.90. The number of rotatable bonds is 2. The predicted octanol–water partition coefficient (Wildman–Crippen LogP) is 1.94. The summed E-state index contributed by atoms with van der Waals surface area (Å²) in [6.45, 7) is 5.71. The van der Waals surface area contributed by atoms with Crippen LogP contribution in [0, 0.1) is 11.6 Å². The lowest BCUT2D eigenvalue weighted by molar-refractivity contribution is 0.403. The van der Waals surface area contributed by atoms with Gasteiger partial charge in [-0.05, 0) is 26.0 Å². The van der Waals surface area contributed by atoms with E-state index in [1.54, 1.807) is 0 Å². The summed E-state index contributed by atoms with van der Waals surface area (Å²) in [5.74, 6) is -1.06. The van der Waals surface area contributed by atoms with Crippen molar-refractivity contribution in [3.05, 3.63) is 29.8 Å². The standard InChI is InChI=1S/C14H17F2N5/c1-8-6-21(7-9(2)17-8)14-18-13(19-20-14)10-4-3-5-11(15)12(10)16/h3-5,8-9,17H,6-7H2,1-2H3,(H,18,19,20). The summed E-state index contributed by atoms with van der Waals surface area (Å²) in [6.07, 6.45) is 0. The largest absolute Gasteiger partial charge is 0.336 e. The summed E-state index contributed by atoms with van der Waals surface area (Å²) in [4.78, 5) is 6.33. The maximum absolute atomic E-state index is 13.8. The third-order valence-corrected chi connectivity index (χ3v) is 3.52. The topological polar surface area (TPSA) is 56.8 Å². The summed E-state index contributed by atoms with van der Waals surface area (Å²) in [5.41, 5.74) is 0.0879. The number of hydrogen-bond donors (Lipinski definition) is 2. The minimum absolute atomic E-state index is 0.0879. The molecule has 2 unspecified atom stereocenters. The molecule has 2 N–H and O–H groups in total. The molecule has 1 aromatic carbocycles. The van der Waals surface area contributed by atoms with Crippen LogP contribution in [0.3, 0.4) is 0 Å². The third-order valence-electron chi connectivity index (χ3n) is 3.52. The van der Waals surface area contributed by atoms with Crippen molar-refractivity contribution >= 4 is 5.95 Å². The van der Waals surface area contributed by atoms with E-state index in [4.69, 9.17) is 0 Å². The molecule has 5 nitrogen and oxygen atoms in total. The van der Waals surface area contributed by atoms with Crippen LogP contribution in [0.25, 0.3) is 11.4 Å². The molecule has 21 heavy (non-hydrogen) atoms. The highest BCUT2D eigenvalue weighted by Gasteiger charge is 2.24. The molecule has 0 saturated carbocycles. The summed E-state index contributed by atoms with van der Waals surface area (Å²) in [6, 6.07) is 4.65. The van der Waals surface area contributed by atoms with Crippen molar-refractivity contribution in [3.63, 3.8) is 0 Å². The van der Waals surface area contributed by atoms with E-state index < -0.39 is 11.6 Å². The van der Waals surface area contributed by atoms with Gasteiger partial charge in [-0.25, -0.2) is 8.78 Å². The zero-order valence-electron chi connectivity index (χ0n) is 11.9. The molecule has 1 fully saturated rings. The maximum atomic E-state index is 13.8. The molecule has 0 radical (unpaired) electrons. The van der Waals surface area contributed by atoms with Crippen LogP contribution >= 0.6 is 0 Å². The molecule has 1 aromatic heterocycles. The number of anilines is 1. The summed E-state index contributed by atoms with van der Waals surface area (Å²) < 4.78 is 27.0. The molecular weight excluding hydrogens is 276 g/mol. The van der Waals surface area contributed by atoms with Gasteiger partial charge >= 0.3 is 0 Å². The van der Waals surface area contributed by atoms with Crippen molar-refractivity contribution in [3.8, 4) is 11.4 Å². The molecule has 0 spiro atoms. The third kappa shape index (κ3) is 2.73. The quantitative estimate of drug-likeness (QED) is 0.888. The monoisotopic (exact) mass is 293 g/mol. The van der Waals surface area contributed by atoms with Gasteiger partial charge in [0.25, 0.3) is 0 Å². The van der Waals surface area contributed by atoms with Crippen LogP contribution in [0.15, 0.2) is 18.2 Å². The summed E-state index contributed by atoms with van der Waals surface area (Å²) >= 11 is 0. The lowest BCUT2D eigenvalue weighted by Crippen LogP contribution is -2.54. The van der Waals surface area contributed by atoms with Crippen molar-refractivity contribution < 1.29 is 8.78 Å². The Kier molecular flexibility index (Phi) is 3.59. The number of nitrogens with one attached hydrogen (secondary N) is 2. The Morgan fingerprint density at radius 2 is 1.90 bits per heavy atom. The van der Waals surface area contributed by atoms with Gasteiger partial charge in [-0.15, -0.1) is 5.10 Å². The first-order valence-electron chi connectivity index (χ1n) is 6.92. The normalized spacial score (nSPS) is 22.6. The van der Waals surface area contributed by atoms with Crippen LogP contribution in [0.5, 0.6) is 0 Å². The van der Waals surface area contributed by atoms with Gasteiger partial charge in [0.2, 0.25) is 5.95 Å². The Bertz CT molecular complexity index is 632. The first kappa shape index (κ1) is 13.9. The number of halogens is 2. The minimum Gasteiger partial charge on any atom is -0.336 e. The van der Waals surface area contributed by atoms with Gasteiger partial charge in [-0.3, -0.25) is 5.10 Å². The smallest absolute Gasteiger partial charge is 0.245 e. The molecule has 1 aliphatic rings. The molecule has 0 amide bonds. The molecule has 3 rings (SSSR count). The second-order valence-corrected chi connectivity index (χ2v) is 5.46. The number of piperazine rings is 1. The Balaban J connectivity index is 1.88. The fraction of sp³-hybridized carbons (Fsp3) is 0.429. The molecule has 2 atom stereocenters. The van der Waals surface area contributed by atoms with E-state index in [2.05, 4.69) is 34.3 Å². The predicted molar refractivity (Wildman–Crippen MR) is 76.0 cm³/mol. The Hall–Kier alpha value is -2.02. The number of nitrogens with zero attached hydrogens (tertiary/aromatic N) is 3. The van der Waals surface area contributed by atoms with E-state index in [1.807, 2.05) is 4.90 Å². The van der Waals surface area contributed by atoms with Crippen LogP contribution in [0.2, 0.25) is 0 Å². The SMILES string of the molecule is CC1CN(c2n[nH]c(-c3cccc(F)c3F)n2)CC(C)N1. The van der Waals surface area contributed by atoms with E-state index in [9.17, 15) is 8.78 Å². The number of aromatic nitrogens is 3. The van der Waals surface area contributed by atoms with Crippen molar-refractivity contribution in [2.45, 2.75) is 25.9 Å². The lowest BCUT2D eigenvalue weighted by atomic mass is 10.1. The van der Waals surface area contributed by atoms with Gasteiger partial charge in [-0.2, -0.15) is 4.98 Å². The van der Waals surface area contributed by atoms with Gasteiger partial charge in [-0.1, -0.05) is 6.07 Å². The Morgan fingerprint density at radius 1 is 1.19 bits per heavy atom. The second-order valence-electron chi connectivity index (χ2n) is 5.46. The molecule has 1 aliphatic heterocycles. The van der Waals surface area contributed by atoms with Gasteiger partial charge in [0, 0.05) is 25.2 Å². The molecule has 112 valence electrons. The van der Waals surface area contributed by atoms with Crippen molar-refractivity contribution in [1.29, 1.82) is 0 Å². The van der Waals surface area contributed by atoms with E-state index in [0.717, 1.165) is 19.2 Å². The van der Waals surface area contributed by atoms with E-state index >= 15 is 0 Å².